The third kappa shape index (κ3) is 27.1. The van der Waals surface area contributed by atoms with E-state index in [1.807, 2.05) is 40.7 Å². The van der Waals surface area contributed by atoms with E-state index >= 15 is 0 Å². The molecule has 10 aromatic heterocycles. The van der Waals surface area contributed by atoms with Crippen molar-refractivity contribution in [2.45, 2.75) is 90.2 Å². The predicted molar refractivity (Wildman–Crippen MR) is 540 cm³/mol. The van der Waals surface area contributed by atoms with Crippen molar-refractivity contribution < 1.29 is 103 Å². The number of sulfone groups is 5. The topological polar surface area (TPSA) is 534 Å². The van der Waals surface area contributed by atoms with E-state index in [1.165, 1.54) is 77.0 Å². The average Bonchev–Trinajstić information content (AvgIpc) is 1.63. The predicted octanol–water partition coefficient (Wildman–Crippen LogP) is 11.0. The number of hydrogen-bond acceptors (Lipinski definition) is 32. The highest BCUT2D eigenvalue weighted by atomic mass is 79.9. The van der Waals surface area contributed by atoms with E-state index in [1.54, 1.807) is 115 Å². The van der Waals surface area contributed by atoms with Gasteiger partial charge < -0.3 is 76.8 Å². The highest BCUT2D eigenvalue weighted by Crippen LogP contribution is 2.43. The van der Waals surface area contributed by atoms with E-state index in [2.05, 4.69) is 60.8 Å². The summed E-state index contributed by atoms with van der Waals surface area (Å²) in [5, 5.41) is 9.66. The number of halogens is 3. The van der Waals surface area contributed by atoms with Crippen molar-refractivity contribution in [3.8, 4) is 57.5 Å². The number of aliphatic hydroxyl groups is 1. The van der Waals surface area contributed by atoms with Crippen LogP contribution in [0.2, 0.25) is 5.02 Å². The molecule has 49 heteroatoms. The number of methoxy groups -OCH3 is 5. The zero-order chi connectivity index (χ0) is 104. The molecule has 766 valence electrons. The number of nitrogens with one attached hydrogen (secondary N) is 4. The zero-order valence-corrected chi connectivity index (χ0v) is 86.7. The third-order valence-corrected chi connectivity index (χ3v) is 27.4. The highest BCUT2D eigenvalue weighted by Gasteiger charge is 2.34. The van der Waals surface area contributed by atoms with Crippen LogP contribution in [0.5, 0.6) is 57.5 Å². The number of oxazole rings is 1. The van der Waals surface area contributed by atoms with Crippen LogP contribution in [-0.2, 0) is 55.8 Å². The SMILES string of the molecule is CCOc1cc([C@@H](CS(C)(=O)=O)n2c(=O)[nH]c3cc(C4CC4)cnc32)ccc1OC.CCOc1cc([C@@H](CS(C)(=O)=O)n2c(=O)[nH]c3cc(CO)cnc32)ccc1OC.CCOc1cc([C@@H](CS(C)(=O)=O)n2c(=O)[nH]c3cc(Cl)cnc32)ccc1OC.CCOc1cc([C@@H](CS(C)(=O)=O)n2c(=O)[nH]c3cc(F)cnc32)ccc1OC.CCOc1cc([C@@H](CS(C)(=O)=O)n2c(=O)oc3cc(Br)cnc32)ccc1OC. The molecule has 5 N–H and O–H groups in total. The Labute approximate surface area is 833 Å². The van der Waals surface area contributed by atoms with Gasteiger partial charge in [-0.3, -0.25) is 18.3 Å². The fraction of sp³-hybridized carbons (Fsp3) is 0.362. The van der Waals surface area contributed by atoms with Crippen molar-refractivity contribution in [2.75, 3.05) is 129 Å². The maximum atomic E-state index is 13.5. The average molecular weight is 2160 g/mol. The van der Waals surface area contributed by atoms with Gasteiger partial charge in [-0.25, -0.2) is 99.9 Å². The Morgan fingerprint density at radius 3 is 0.979 bits per heavy atom. The number of nitrogens with zero attached hydrogens (tertiary/aromatic N) is 10. The molecule has 15 aromatic rings. The fourth-order valence-electron chi connectivity index (χ4n) is 16.0. The van der Waals surface area contributed by atoms with Crippen molar-refractivity contribution in [3.63, 3.8) is 0 Å². The summed E-state index contributed by atoms with van der Waals surface area (Å²) in [4.78, 5) is 95.4. The Kier molecular flexibility index (Phi) is 35.1. The number of benzene rings is 5. The Morgan fingerprint density at radius 1 is 0.385 bits per heavy atom. The second-order valence-electron chi connectivity index (χ2n) is 33.0. The van der Waals surface area contributed by atoms with Crippen molar-refractivity contribution >= 4 is 133 Å². The molecule has 0 spiro atoms. The first-order valence-corrected chi connectivity index (χ1v) is 55.6. The number of fused-ring (bicyclic) bond motifs is 5. The first kappa shape index (κ1) is 108. The van der Waals surface area contributed by atoms with Gasteiger partial charge in [-0.2, -0.15) is 0 Å². The number of ether oxygens (including phenoxy) is 10. The van der Waals surface area contributed by atoms with Crippen LogP contribution in [0.25, 0.3) is 55.9 Å². The lowest BCUT2D eigenvalue weighted by Gasteiger charge is -2.20. The van der Waals surface area contributed by atoms with Crippen LogP contribution in [0.3, 0.4) is 0 Å². The van der Waals surface area contributed by atoms with Gasteiger partial charge in [0, 0.05) is 72.7 Å². The summed E-state index contributed by atoms with van der Waals surface area (Å²) in [5.41, 5.74) is 5.89. The summed E-state index contributed by atoms with van der Waals surface area (Å²) in [6, 6.07) is 29.0. The molecule has 5 aromatic carbocycles. The smallest absolute Gasteiger partial charge is 0.421 e. The van der Waals surface area contributed by atoms with E-state index in [4.69, 9.17) is 63.4 Å². The Balaban J connectivity index is 0.000000160. The molecule has 1 aliphatic carbocycles. The van der Waals surface area contributed by atoms with Gasteiger partial charge >= 0.3 is 28.5 Å². The monoisotopic (exact) mass is 2160 g/mol. The van der Waals surface area contributed by atoms with Crippen LogP contribution in [-0.4, -0.2) is 244 Å². The summed E-state index contributed by atoms with van der Waals surface area (Å²) in [6.45, 7) is 10.9. The van der Waals surface area contributed by atoms with Gasteiger partial charge in [0.2, 0.25) is 0 Å². The number of rotatable bonds is 37. The summed E-state index contributed by atoms with van der Waals surface area (Å²) in [6.07, 6.45) is 15.0. The molecule has 0 unspecified atom stereocenters. The van der Waals surface area contributed by atoms with Crippen LogP contribution in [0.4, 0.5) is 4.39 Å². The molecular formula is C94H107BrClFN14O27S5. The quantitative estimate of drug-likeness (QED) is 0.0241. The van der Waals surface area contributed by atoms with Gasteiger partial charge in [0.05, 0.1) is 167 Å². The van der Waals surface area contributed by atoms with Gasteiger partial charge in [-0.1, -0.05) is 41.9 Å². The first-order chi connectivity index (χ1) is 67.8. The van der Waals surface area contributed by atoms with Crippen molar-refractivity contribution in [1.82, 2.24) is 67.7 Å². The standard InChI is InChI=1S/C21H25N3O5S.C19H23N3O6S.C18H19BrN2O6S.C18H20ClN3O5S.C18H20FN3O5S/c1-4-29-19-10-14(7-8-18(19)28-2)17(12-30(3,26)27)24-20-16(23-21(24)25)9-15(11-22-20)13-5-6-13;1-4-28-17-8-13(5-6-16(17)27-2)15(11-29(3,25)26)22-18-14(21-19(22)24)7-12(10-23)9-20-18;1-4-26-15-7-11(5-6-14(15)25-2)13(10-28(3,23)24)21-17-16(27-18(21)22)8-12(19)9-20-17;2*1-4-27-16-7-11(5-6-15(16)26-2)14(10-28(3,24)25)22-17-13(21-18(22)23)8-12(19)9-20-17/h7-11,13,17H,4-6,12H2,1-3H3,(H,23,25);5-9,15,23H,4,10-11H2,1-3H3,(H,21,24);5-9,13H,4,10H2,1-3H3;2*5-9,14H,4,10H2,1-3H3,(H,21,23)/t17-;15-;13-;2*14-/m11111/s1. The molecule has 0 bridgehead atoms. The number of hydrogen-bond donors (Lipinski definition) is 5. The summed E-state index contributed by atoms with van der Waals surface area (Å²) >= 11 is 9.23. The van der Waals surface area contributed by atoms with Crippen LogP contribution in [0.15, 0.2) is 185 Å². The lowest BCUT2D eigenvalue weighted by atomic mass is 10.1. The normalized spacial score (nSPS) is 13.4. The number of aromatic nitrogens is 14. The van der Waals surface area contributed by atoms with E-state index in [0.29, 0.717) is 173 Å². The summed E-state index contributed by atoms with van der Waals surface area (Å²) in [5.74, 6) is 2.54. The van der Waals surface area contributed by atoms with Crippen LogP contribution in [0.1, 0.15) is 123 Å². The Hall–Kier alpha value is -13.4. The molecule has 0 saturated heterocycles. The van der Waals surface area contributed by atoms with Gasteiger partial charge in [-0.15, -0.1) is 0 Å². The lowest BCUT2D eigenvalue weighted by molar-refractivity contribution is 0.281. The Bertz CT molecular complexity index is 7680. The lowest BCUT2D eigenvalue weighted by Crippen LogP contribution is -2.28. The second-order valence-corrected chi connectivity index (χ2v) is 45.3. The molecule has 0 aliphatic heterocycles. The summed E-state index contributed by atoms with van der Waals surface area (Å²) in [7, 11) is -9.63. The number of aromatic amines is 4. The van der Waals surface area contributed by atoms with E-state index in [0.717, 1.165) is 61.9 Å². The number of imidazole rings is 4. The summed E-state index contributed by atoms with van der Waals surface area (Å²) < 4.78 is 202. The second kappa shape index (κ2) is 46.3. The molecule has 16 rings (SSSR count). The highest BCUT2D eigenvalue weighted by molar-refractivity contribution is 9.10. The molecule has 143 heavy (non-hydrogen) atoms. The minimum atomic E-state index is -3.48. The minimum Gasteiger partial charge on any atom is -0.493 e. The molecule has 1 saturated carbocycles. The van der Waals surface area contributed by atoms with Crippen molar-refractivity contribution in [1.29, 1.82) is 0 Å². The maximum Gasteiger partial charge on any atom is 0.421 e. The number of H-pyrrole nitrogens is 4. The fourth-order valence-corrected chi connectivity index (χ4v) is 21.0. The van der Waals surface area contributed by atoms with Gasteiger partial charge in [0.1, 0.15) is 55.0 Å². The van der Waals surface area contributed by atoms with E-state index in [-0.39, 0.29) is 57.8 Å². The molecule has 10 heterocycles. The first-order valence-electron chi connectivity index (χ1n) is 44.2. The van der Waals surface area contributed by atoms with Gasteiger partial charge in [0.15, 0.2) is 91.3 Å². The molecule has 1 aliphatic rings. The van der Waals surface area contributed by atoms with Crippen LogP contribution < -0.4 is 75.9 Å². The maximum absolute atomic E-state index is 13.5. The molecule has 5 atom stereocenters. The molecule has 0 amide bonds. The molecule has 0 radical (unpaired) electrons. The minimum absolute atomic E-state index is 0.161. The number of pyridine rings is 5. The third-order valence-electron chi connectivity index (χ3n) is 22.1. The van der Waals surface area contributed by atoms with E-state index < -0.39 is 114 Å². The number of aliphatic hydroxyl groups excluding tert-OH is 1. The molecular weight excluding hydrogens is 2050 g/mol. The molecule has 1 fully saturated rings. The van der Waals surface area contributed by atoms with Crippen molar-refractivity contribution in [2.24, 2.45) is 0 Å². The van der Waals surface area contributed by atoms with Gasteiger partial charge in [0.25, 0.3) is 0 Å². The van der Waals surface area contributed by atoms with Crippen LogP contribution in [0, 0.1) is 5.82 Å². The zero-order valence-electron chi connectivity index (χ0n) is 80.3. The van der Waals surface area contributed by atoms with E-state index in [9.17, 15) is 75.6 Å². The largest absolute Gasteiger partial charge is 0.493 e. The van der Waals surface area contributed by atoms with Gasteiger partial charge in [-0.05, 0) is 187 Å². The van der Waals surface area contributed by atoms with Crippen molar-refractivity contribution in [3.05, 3.63) is 259 Å². The van der Waals surface area contributed by atoms with Crippen LogP contribution >= 0.6 is 27.5 Å². The Morgan fingerprint density at radius 2 is 0.671 bits per heavy atom. The molecule has 41 nitrogen and oxygen atoms in total.